The molecule has 2 fully saturated rings. The SMILES string of the molecule is C=C(Cl)/C=C\C=C(/F)[C@H]1C[C@H](CO)N(CC2CCC2)[C@@]12C(=O)Nc1cc(Cl)ccc12. The van der Waals surface area contributed by atoms with E-state index in [9.17, 15) is 9.90 Å². The molecule has 1 aromatic rings. The van der Waals surface area contributed by atoms with Crippen LogP contribution < -0.4 is 5.32 Å². The quantitative estimate of drug-likeness (QED) is 0.590. The number of amides is 1. The Hall–Kier alpha value is -1.66. The Kier molecular flexibility index (Phi) is 6.08. The summed E-state index contributed by atoms with van der Waals surface area (Å²) < 4.78 is 15.5. The Morgan fingerprint density at radius 3 is 2.83 bits per heavy atom. The van der Waals surface area contributed by atoms with Crippen LogP contribution >= 0.6 is 23.2 Å². The molecule has 3 aliphatic rings. The van der Waals surface area contributed by atoms with Crippen molar-refractivity contribution in [2.75, 3.05) is 18.5 Å². The minimum Gasteiger partial charge on any atom is -0.395 e. The summed E-state index contributed by atoms with van der Waals surface area (Å²) in [6, 6.07) is 4.92. The topological polar surface area (TPSA) is 52.6 Å². The standard InChI is InChI=1S/C23H25Cl2FN2O2/c1-14(24)4-2-7-20(26)19-11-17(13-29)28(12-15-5-3-6-15)23(19)18-9-8-16(25)10-21(18)27-22(23)30/h2,4,7-10,15,17,19,29H,1,3,5-6,11-13H2,(H,27,30)/b4-2-,20-7-/t17-,19-,23-/m1/s1. The molecule has 4 rings (SSSR count). The van der Waals surface area contributed by atoms with E-state index in [0.717, 1.165) is 12.8 Å². The molecule has 2 N–H and O–H groups in total. The van der Waals surface area contributed by atoms with E-state index in [2.05, 4.69) is 11.9 Å². The second-order valence-corrected chi connectivity index (χ2v) is 9.26. The molecule has 160 valence electrons. The van der Waals surface area contributed by atoms with Gasteiger partial charge in [0.25, 0.3) is 0 Å². The highest BCUT2D eigenvalue weighted by Gasteiger charge is 2.63. The van der Waals surface area contributed by atoms with Gasteiger partial charge in [0.15, 0.2) is 0 Å². The lowest BCUT2D eigenvalue weighted by Crippen LogP contribution is -2.55. The Morgan fingerprint density at radius 2 is 2.20 bits per heavy atom. The minimum atomic E-state index is -1.21. The highest BCUT2D eigenvalue weighted by Crippen LogP contribution is 2.56. The van der Waals surface area contributed by atoms with Gasteiger partial charge in [-0.15, -0.1) is 0 Å². The second-order valence-electron chi connectivity index (χ2n) is 8.34. The fourth-order valence-electron chi connectivity index (χ4n) is 5.07. The number of nitrogens with one attached hydrogen (secondary N) is 1. The van der Waals surface area contributed by atoms with Crippen molar-refractivity contribution < 1.29 is 14.3 Å². The molecule has 1 aromatic carbocycles. The van der Waals surface area contributed by atoms with Crippen LogP contribution in [0.5, 0.6) is 0 Å². The fourth-order valence-corrected chi connectivity index (χ4v) is 5.32. The molecule has 3 atom stereocenters. The summed E-state index contributed by atoms with van der Waals surface area (Å²) >= 11 is 11.9. The molecule has 0 unspecified atom stereocenters. The normalized spacial score (nSPS) is 29.5. The third-order valence-corrected chi connectivity index (χ3v) is 7.01. The average molecular weight is 451 g/mol. The van der Waals surface area contributed by atoms with Crippen LogP contribution in [-0.4, -0.2) is 35.1 Å². The molecule has 1 aliphatic carbocycles. The summed E-state index contributed by atoms with van der Waals surface area (Å²) in [7, 11) is 0. The van der Waals surface area contributed by atoms with Gasteiger partial charge in [-0.3, -0.25) is 9.69 Å². The maximum atomic E-state index is 15.5. The van der Waals surface area contributed by atoms with Gasteiger partial charge in [-0.25, -0.2) is 4.39 Å². The van der Waals surface area contributed by atoms with E-state index in [0.29, 0.717) is 40.2 Å². The number of hydrogen-bond donors (Lipinski definition) is 2. The highest BCUT2D eigenvalue weighted by molar-refractivity contribution is 6.31. The minimum absolute atomic E-state index is 0.136. The van der Waals surface area contributed by atoms with Crippen molar-refractivity contribution >= 4 is 34.8 Å². The molecule has 1 saturated heterocycles. The van der Waals surface area contributed by atoms with Crippen molar-refractivity contribution in [3.8, 4) is 0 Å². The van der Waals surface area contributed by atoms with Crippen molar-refractivity contribution in [2.45, 2.75) is 37.3 Å². The average Bonchev–Trinajstić information content (AvgIpc) is 3.13. The largest absolute Gasteiger partial charge is 0.395 e. The number of hydrogen-bond acceptors (Lipinski definition) is 3. The van der Waals surface area contributed by atoms with Gasteiger partial charge in [-0.2, -0.15) is 0 Å². The Morgan fingerprint density at radius 1 is 1.43 bits per heavy atom. The Labute approximate surface area is 186 Å². The number of aliphatic hydroxyl groups excluding tert-OH is 1. The lowest BCUT2D eigenvalue weighted by atomic mass is 9.77. The van der Waals surface area contributed by atoms with Gasteiger partial charge in [0, 0.05) is 39.8 Å². The number of carbonyl (C=O) groups excluding carboxylic acids is 1. The van der Waals surface area contributed by atoms with Gasteiger partial charge in [-0.05, 0) is 49.5 Å². The number of anilines is 1. The second kappa shape index (κ2) is 8.46. The number of halogens is 3. The van der Waals surface area contributed by atoms with Crippen LogP contribution in [0.15, 0.2) is 53.9 Å². The van der Waals surface area contributed by atoms with E-state index in [-0.39, 0.29) is 18.6 Å². The molecule has 0 radical (unpaired) electrons. The van der Waals surface area contributed by atoms with Crippen LogP contribution in [0.2, 0.25) is 5.02 Å². The number of benzene rings is 1. The number of likely N-dealkylation sites (tertiary alicyclic amines) is 1. The third-order valence-electron chi connectivity index (χ3n) is 6.65. The first kappa shape index (κ1) is 21.6. The van der Waals surface area contributed by atoms with Crippen LogP contribution in [0.25, 0.3) is 0 Å². The van der Waals surface area contributed by atoms with Crippen molar-refractivity contribution in [1.29, 1.82) is 0 Å². The first-order valence-electron chi connectivity index (χ1n) is 10.2. The molecule has 0 aromatic heterocycles. The molecule has 2 heterocycles. The molecule has 30 heavy (non-hydrogen) atoms. The third kappa shape index (κ3) is 3.52. The zero-order valence-corrected chi connectivity index (χ0v) is 18.1. The molecule has 4 nitrogen and oxygen atoms in total. The van der Waals surface area contributed by atoms with E-state index in [1.165, 1.54) is 24.6 Å². The monoisotopic (exact) mass is 450 g/mol. The maximum Gasteiger partial charge on any atom is 0.250 e. The summed E-state index contributed by atoms with van der Waals surface area (Å²) in [6.07, 6.45) is 8.02. The van der Waals surface area contributed by atoms with Crippen molar-refractivity contribution in [3.63, 3.8) is 0 Å². The highest BCUT2D eigenvalue weighted by atomic mass is 35.5. The zero-order valence-electron chi connectivity index (χ0n) is 16.6. The number of fused-ring (bicyclic) bond motifs is 2. The van der Waals surface area contributed by atoms with Crippen LogP contribution in [0.4, 0.5) is 10.1 Å². The van der Waals surface area contributed by atoms with Crippen molar-refractivity contribution in [2.24, 2.45) is 11.8 Å². The number of aliphatic hydroxyl groups is 1. The first-order chi connectivity index (χ1) is 14.4. The predicted molar refractivity (Wildman–Crippen MR) is 118 cm³/mol. The van der Waals surface area contributed by atoms with Crippen molar-refractivity contribution in [3.05, 3.63) is 64.5 Å². The molecule has 1 spiro atoms. The molecule has 0 bridgehead atoms. The molecule has 1 amide bonds. The van der Waals surface area contributed by atoms with Gasteiger partial charge in [0.1, 0.15) is 11.4 Å². The van der Waals surface area contributed by atoms with Crippen LogP contribution in [0.3, 0.4) is 0 Å². The van der Waals surface area contributed by atoms with E-state index in [4.69, 9.17) is 23.2 Å². The molecule has 2 aliphatic heterocycles. The van der Waals surface area contributed by atoms with Gasteiger partial charge in [0.05, 0.1) is 6.61 Å². The number of rotatable bonds is 6. The summed E-state index contributed by atoms with van der Waals surface area (Å²) in [6.45, 7) is 4.08. The maximum absolute atomic E-state index is 15.5. The number of carbonyl (C=O) groups is 1. The van der Waals surface area contributed by atoms with Gasteiger partial charge >= 0.3 is 0 Å². The smallest absolute Gasteiger partial charge is 0.250 e. The van der Waals surface area contributed by atoms with E-state index in [1.807, 2.05) is 4.90 Å². The van der Waals surface area contributed by atoms with Crippen LogP contribution in [0.1, 0.15) is 31.2 Å². The molecule has 7 heteroatoms. The van der Waals surface area contributed by atoms with Gasteiger partial charge in [-0.1, -0.05) is 48.3 Å². The van der Waals surface area contributed by atoms with Crippen molar-refractivity contribution in [1.82, 2.24) is 4.90 Å². The Balaban J connectivity index is 1.83. The molecule has 1 saturated carbocycles. The van der Waals surface area contributed by atoms with Crippen LogP contribution in [-0.2, 0) is 10.3 Å². The predicted octanol–water partition coefficient (Wildman–Crippen LogP) is 5.13. The molecular weight excluding hydrogens is 426 g/mol. The van der Waals surface area contributed by atoms with E-state index in [1.54, 1.807) is 18.2 Å². The summed E-state index contributed by atoms with van der Waals surface area (Å²) in [5.41, 5.74) is 0.105. The number of allylic oxidation sites excluding steroid dienone is 4. The van der Waals surface area contributed by atoms with E-state index >= 15 is 4.39 Å². The molecular formula is C23H25Cl2FN2O2. The van der Waals surface area contributed by atoms with Gasteiger partial charge < -0.3 is 10.4 Å². The first-order valence-corrected chi connectivity index (χ1v) is 11.0. The summed E-state index contributed by atoms with van der Waals surface area (Å²) in [4.78, 5) is 15.5. The lowest BCUT2D eigenvalue weighted by Gasteiger charge is -2.42. The summed E-state index contributed by atoms with van der Waals surface area (Å²) in [5, 5.41) is 13.8. The summed E-state index contributed by atoms with van der Waals surface area (Å²) in [5.74, 6) is -0.971. The zero-order chi connectivity index (χ0) is 21.5. The number of nitrogens with zero attached hydrogens (tertiary/aromatic N) is 1. The fraction of sp³-hybridized carbons (Fsp3) is 0.435. The lowest BCUT2D eigenvalue weighted by molar-refractivity contribution is -0.130. The van der Waals surface area contributed by atoms with Gasteiger partial charge in [0.2, 0.25) is 5.91 Å². The Bertz CT molecular complexity index is 928. The van der Waals surface area contributed by atoms with E-state index < -0.39 is 17.3 Å². The van der Waals surface area contributed by atoms with Crippen LogP contribution in [0, 0.1) is 11.8 Å².